The van der Waals surface area contributed by atoms with E-state index in [4.69, 9.17) is 11.6 Å². The van der Waals surface area contributed by atoms with E-state index < -0.39 is 34.0 Å². The number of aromatic nitrogens is 2. The molecular weight excluding hydrogens is 397 g/mol. The molecular formula is C16H19ClFN5O3S. The van der Waals surface area contributed by atoms with Gasteiger partial charge in [0.25, 0.3) is 10.2 Å². The van der Waals surface area contributed by atoms with E-state index in [1.165, 1.54) is 19.2 Å². The van der Waals surface area contributed by atoms with Gasteiger partial charge in [-0.1, -0.05) is 11.6 Å². The van der Waals surface area contributed by atoms with Crippen LogP contribution in [0.1, 0.15) is 23.7 Å². The molecule has 2 heterocycles. The summed E-state index contributed by atoms with van der Waals surface area (Å²) in [6.45, 7) is 1.78. The van der Waals surface area contributed by atoms with Crippen molar-refractivity contribution in [2.24, 2.45) is 7.05 Å². The van der Waals surface area contributed by atoms with Crippen LogP contribution in [0.3, 0.4) is 0 Å². The van der Waals surface area contributed by atoms with Gasteiger partial charge in [0, 0.05) is 31.5 Å². The van der Waals surface area contributed by atoms with Crippen molar-refractivity contribution in [1.82, 2.24) is 18.8 Å². The van der Waals surface area contributed by atoms with Crippen LogP contribution in [0.4, 0.5) is 10.1 Å². The Labute approximate surface area is 161 Å². The molecule has 1 amide bonds. The van der Waals surface area contributed by atoms with E-state index in [0.717, 1.165) is 10.4 Å². The van der Waals surface area contributed by atoms with Gasteiger partial charge in [-0.25, -0.2) is 4.39 Å². The number of carbonyl (C=O) groups excluding carboxylic acids is 1. The first-order valence-electron chi connectivity index (χ1n) is 8.10. The number of rotatable bonds is 3. The SMILES string of the molecule is Cc1nn(C)cc1C1CC(C(=O)Nc2ccc(F)c(Cl)c2)N(C)S(=O)(=O)N1. The fourth-order valence-corrected chi connectivity index (χ4v) is 4.52. The molecule has 1 aromatic carbocycles. The summed E-state index contributed by atoms with van der Waals surface area (Å²) in [6, 6.07) is 2.21. The third-order valence-electron chi connectivity index (χ3n) is 4.48. The minimum absolute atomic E-state index is 0.136. The van der Waals surface area contributed by atoms with Crippen molar-refractivity contribution >= 4 is 33.4 Å². The Morgan fingerprint density at radius 2 is 2.11 bits per heavy atom. The first kappa shape index (κ1) is 19.7. The molecule has 2 N–H and O–H groups in total. The lowest BCUT2D eigenvalue weighted by Gasteiger charge is -2.36. The molecule has 1 aromatic heterocycles. The van der Waals surface area contributed by atoms with Crippen LogP contribution in [-0.2, 0) is 22.1 Å². The maximum Gasteiger partial charge on any atom is 0.280 e. The Hall–Kier alpha value is -2.01. The largest absolute Gasteiger partial charge is 0.325 e. The van der Waals surface area contributed by atoms with Crippen LogP contribution >= 0.6 is 11.6 Å². The Bertz CT molecular complexity index is 994. The van der Waals surface area contributed by atoms with E-state index >= 15 is 0 Å². The van der Waals surface area contributed by atoms with Crippen molar-refractivity contribution in [3.63, 3.8) is 0 Å². The molecule has 0 aliphatic carbocycles. The Morgan fingerprint density at radius 3 is 2.70 bits per heavy atom. The zero-order valence-electron chi connectivity index (χ0n) is 14.9. The minimum Gasteiger partial charge on any atom is -0.325 e. The molecule has 11 heteroatoms. The van der Waals surface area contributed by atoms with Crippen molar-refractivity contribution in [3.05, 3.63) is 46.5 Å². The van der Waals surface area contributed by atoms with E-state index in [0.29, 0.717) is 11.3 Å². The van der Waals surface area contributed by atoms with Crippen molar-refractivity contribution < 1.29 is 17.6 Å². The van der Waals surface area contributed by atoms with E-state index in [-0.39, 0.29) is 17.1 Å². The summed E-state index contributed by atoms with van der Waals surface area (Å²) in [6.07, 6.45) is 1.94. The molecule has 2 atom stereocenters. The van der Waals surface area contributed by atoms with Gasteiger partial charge in [-0.15, -0.1) is 0 Å². The minimum atomic E-state index is -3.87. The molecule has 2 unspecified atom stereocenters. The van der Waals surface area contributed by atoms with E-state index in [1.807, 2.05) is 0 Å². The van der Waals surface area contributed by atoms with Crippen LogP contribution in [0.2, 0.25) is 5.02 Å². The van der Waals surface area contributed by atoms with Crippen LogP contribution < -0.4 is 10.0 Å². The molecule has 0 bridgehead atoms. The number of aryl methyl sites for hydroxylation is 2. The normalized spacial score (nSPS) is 22.6. The molecule has 2 aromatic rings. The zero-order valence-corrected chi connectivity index (χ0v) is 16.5. The molecule has 1 aliphatic rings. The van der Waals surface area contributed by atoms with Crippen LogP contribution in [0, 0.1) is 12.7 Å². The Morgan fingerprint density at radius 1 is 1.41 bits per heavy atom. The van der Waals surface area contributed by atoms with Crippen LogP contribution in [-0.4, -0.2) is 41.5 Å². The van der Waals surface area contributed by atoms with Gasteiger partial charge < -0.3 is 5.32 Å². The third-order valence-corrected chi connectivity index (χ3v) is 6.37. The van der Waals surface area contributed by atoms with E-state index in [9.17, 15) is 17.6 Å². The summed E-state index contributed by atoms with van der Waals surface area (Å²) in [4.78, 5) is 12.7. The molecule has 146 valence electrons. The molecule has 1 aliphatic heterocycles. The number of carbonyl (C=O) groups is 1. The molecule has 3 rings (SSSR count). The lowest BCUT2D eigenvalue weighted by molar-refractivity contribution is -0.120. The number of nitrogens with one attached hydrogen (secondary N) is 2. The molecule has 27 heavy (non-hydrogen) atoms. The average molecular weight is 416 g/mol. The topological polar surface area (TPSA) is 96.3 Å². The highest BCUT2D eigenvalue weighted by Crippen LogP contribution is 2.30. The third kappa shape index (κ3) is 3.98. The highest BCUT2D eigenvalue weighted by molar-refractivity contribution is 7.87. The van der Waals surface area contributed by atoms with Crippen LogP contribution in [0.25, 0.3) is 0 Å². The van der Waals surface area contributed by atoms with Crippen molar-refractivity contribution in [2.75, 3.05) is 12.4 Å². The lowest BCUT2D eigenvalue weighted by atomic mass is 10.00. The summed E-state index contributed by atoms with van der Waals surface area (Å²) >= 11 is 5.73. The summed E-state index contributed by atoms with van der Waals surface area (Å²) in [5.74, 6) is -1.14. The highest BCUT2D eigenvalue weighted by Gasteiger charge is 2.41. The number of hydrogen-bond acceptors (Lipinski definition) is 4. The molecule has 0 saturated carbocycles. The number of amides is 1. The Balaban J connectivity index is 1.86. The second kappa shape index (κ2) is 7.19. The fraction of sp³-hybridized carbons (Fsp3) is 0.375. The van der Waals surface area contributed by atoms with Gasteiger partial charge in [0.15, 0.2) is 0 Å². The van der Waals surface area contributed by atoms with Gasteiger partial charge in [0.2, 0.25) is 5.91 Å². The summed E-state index contributed by atoms with van der Waals surface area (Å²) in [7, 11) is -0.800. The van der Waals surface area contributed by atoms with Gasteiger partial charge in [0.05, 0.1) is 16.8 Å². The molecule has 0 spiro atoms. The van der Waals surface area contributed by atoms with Crippen molar-refractivity contribution in [2.45, 2.75) is 25.4 Å². The second-order valence-electron chi connectivity index (χ2n) is 6.40. The number of hydrogen-bond donors (Lipinski definition) is 2. The lowest BCUT2D eigenvalue weighted by Crippen LogP contribution is -2.56. The van der Waals surface area contributed by atoms with Crippen molar-refractivity contribution in [3.8, 4) is 0 Å². The molecule has 1 saturated heterocycles. The summed E-state index contributed by atoms with van der Waals surface area (Å²) < 4.78 is 43.4. The average Bonchev–Trinajstić information content (AvgIpc) is 2.91. The molecule has 8 nitrogen and oxygen atoms in total. The Kier molecular flexibility index (Phi) is 5.26. The zero-order chi connectivity index (χ0) is 19.9. The molecule has 1 fully saturated rings. The maximum absolute atomic E-state index is 13.3. The first-order valence-corrected chi connectivity index (χ1v) is 9.91. The molecule has 0 radical (unpaired) electrons. The number of likely N-dealkylation sites (N-methyl/N-ethyl adjacent to an activating group) is 1. The maximum atomic E-state index is 13.3. The number of anilines is 1. The van der Waals surface area contributed by atoms with Crippen LogP contribution in [0.5, 0.6) is 0 Å². The number of halogens is 2. The van der Waals surface area contributed by atoms with E-state index in [1.54, 1.807) is 24.9 Å². The second-order valence-corrected chi connectivity index (χ2v) is 8.57. The monoisotopic (exact) mass is 415 g/mol. The number of nitrogens with zero attached hydrogens (tertiary/aromatic N) is 3. The standard InChI is InChI=1S/C16H19ClFN5O3S/c1-9-11(8-22(2)20-9)14-7-15(23(3)27(25,26)21-14)16(24)19-10-4-5-13(18)12(17)6-10/h4-6,8,14-15,21H,7H2,1-3H3,(H,19,24). The first-order chi connectivity index (χ1) is 12.6. The van der Waals surface area contributed by atoms with Crippen LogP contribution in [0.15, 0.2) is 24.4 Å². The summed E-state index contributed by atoms with van der Waals surface area (Å²) in [5.41, 5.74) is 1.67. The van der Waals surface area contributed by atoms with Crippen molar-refractivity contribution in [1.29, 1.82) is 0 Å². The predicted octanol–water partition coefficient (Wildman–Crippen LogP) is 1.74. The van der Waals surface area contributed by atoms with Gasteiger partial charge in [-0.05, 0) is 31.5 Å². The quantitative estimate of drug-likeness (QED) is 0.798. The van der Waals surface area contributed by atoms with E-state index in [2.05, 4.69) is 15.1 Å². The number of benzene rings is 1. The van der Waals surface area contributed by atoms with Gasteiger partial charge in [0.1, 0.15) is 11.9 Å². The van der Waals surface area contributed by atoms with Gasteiger partial charge in [-0.3, -0.25) is 9.48 Å². The van der Waals surface area contributed by atoms with Gasteiger partial charge in [-0.2, -0.15) is 22.5 Å². The smallest absolute Gasteiger partial charge is 0.280 e. The fourth-order valence-electron chi connectivity index (χ4n) is 3.07. The predicted molar refractivity (Wildman–Crippen MR) is 98.9 cm³/mol. The van der Waals surface area contributed by atoms with Gasteiger partial charge >= 0.3 is 0 Å². The highest BCUT2D eigenvalue weighted by atomic mass is 35.5. The summed E-state index contributed by atoms with van der Waals surface area (Å²) in [5, 5.41) is 6.68.